The van der Waals surface area contributed by atoms with Crippen LogP contribution in [0.15, 0.2) is 53.8 Å². The molecule has 0 unspecified atom stereocenters. The van der Waals surface area contributed by atoms with Crippen LogP contribution in [0.4, 0.5) is 13.2 Å². The van der Waals surface area contributed by atoms with Gasteiger partial charge in [0.25, 0.3) is 0 Å². The van der Waals surface area contributed by atoms with Gasteiger partial charge in [-0.25, -0.2) is 23.2 Å². The van der Waals surface area contributed by atoms with E-state index in [1.807, 2.05) is 61.9 Å². The van der Waals surface area contributed by atoms with Gasteiger partial charge >= 0.3 is 12.1 Å². The first-order chi connectivity index (χ1) is 18.8. The van der Waals surface area contributed by atoms with Gasteiger partial charge < -0.3 is 19.4 Å². The summed E-state index contributed by atoms with van der Waals surface area (Å²) in [6.07, 6.45) is 2.40. The summed E-state index contributed by atoms with van der Waals surface area (Å²) in [4.78, 5) is 21.2. The summed E-state index contributed by atoms with van der Waals surface area (Å²) in [6.45, 7) is 6.45. The van der Waals surface area contributed by atoms with Crippen LogP contribution >= 0.6 is 0 Å². The van der Waals surface area contributed by atoms with E-state index in [0.29, 0.717) is 29.9 Å². The molecule has 0 aliphatic carbocycles. The minimum Gasteiger partial charge on any atom is -0.495 e. The number of imidazole rings is 2. The zero-order valence-electron chi connectivity index (χ0n) is 22.1. The number of rotatable bonds is 8. The average Bonchev–Trinajstić information content (AvgIpc) is 3.52. The molecule has 0 saturated heterocycles. The fraction of sp³-hybridized carbons (Fsp3) is 0.269. The van der Waals surface area contributed by atoms with E-state index < -0.39 is 22.2 Å². The molecule has 2 heterocycles. The molecule has 0 fully saturated rings. The van der Waals surface area contributed by atoms with Gasteiger partial charge in [0.2, 0.25) is 10.0 Å². The quantitative estimate of drug-likeness (QED) is 0.304. The molecule has 0 saturated carbocycles. The molecule has 0 radical (unpaired) electrons. The number of alkyl halides is 3. The number of fused-ring (bicyclic) bond motifs is 1. The van der Waals surface area contributed by atoms with Gasteiger partial charge in [-0.05, 0) is 48.9 Å². The lowest BCUT2D eigenvalue weighted by molar-refractivity contribution is -0.192. The summed E-state index contributed by atoms with van der Waals surface area (Å²) in [5.41, 5.74) is 4.15. The number of aliphatic carboxylic acids is 1. The number of benzene rings is 2. The van der Waals surface area contributed by atoms with Crippen molar-refractivity contribution in [1.82, 2.24) is 23.8 Å². The molecule has 0 bridgehead atoms. The van der Waals surface area contributed by atoms with E-state index in [2.05, 4.69) is 15.0 Å². The lowest BCUT2D eigenvalue weighted by Gasteiger charge is -2.18. The molecule has 10 nitrogen and oxygen atoms in total. The Balaban J connectivity index is 0.000000559. The first kappa shape index (κ1) is 30.4. The maximum atomic E-state index is 12.8. The van der Waals surface area contributed by atoms with Crippen LogP contribution < -0.4 is 4.74 Å². The molecular formula is C26H28F3N5O5S. The zero-order valence-corrected chi connectivity index (χ0v) is 22.9. The number of aryl methyl sites for hydroxylation is 1. The maximum absolute atomic E-state index is 12.8. The van der Waals surface area contributed by atoms with Gasteiger partial charge in [0.05, 0.1) is 40.7 Å². The Morgan fingerprint density at radius 2 is 1.82 bits per heavy atom. The highest BCUT2D eigenvalue weighted by Gasteiger charge is 2.38. The summed E-state index contributed by atoms with van der Waals surface area (Å²) in [5.74, 6) is -1.39. The standard InChI is InChI=1S/C24H27N5O3S.C2HF3O2/c1-5-29(6-2)33(30,31)19-9-10-20-21(14-19)27-24(26-20)12-8-18-7-11-22(23(13-18)32-4)28-15-17(3)25-16-28;3-2(4,5)1(6)7/h7-16H,5-6H2,1-4H3,(H,26,27);(H,6,7)/b12-8+;. The number of ether oxygens (including phenoxy) is 1. The number of carbonyl (C=O) groups is 1. The second-order valence-electron chi connectivity index (χ2n) is 8.38. The van der Waals surface area contributed by atoms with Crippen molar-refractivity contribution in [1.29, 1.82) is 0 Å². The number of aromatic amines is 1. The Hall–Kier alpha value is -4.17. The third-order valence-corrected chi connectivity index (χ3v) is 7.73. The van der Waals surface area contributed by atoms with Crippen molar-refractivity contribution in [2.75, 3.05) is 20.2 Å². The van der Waals surface area contributed by atoms with Gasteiger partial charge in [-0.2, -0.15) is 17.5 Å². The highest BCUT2D eigenvalue weighted by molar-refractivity contribution is 7.89. The average molecular weight is 580 g/mol. The fourth-order valence-corrected chi connectivity index (χ4v) is 5.18. The lowest BCUT2D eigenvalue weighted by atomic mass is 10.1. The van der Waals surface area contributed by atoms with Crippen molar-refractivity contribution >= 4 is 39.2 Å². The highest BCUT2D eigenvalue weighted by Crippen LogP contribution is 2.26. The summed E-state index contributed by atoms with van der Waals surface area (Å²) >= 11 is 0. The summed E-state index contributed by atoms with van der Waals surface area (Å²) in [5, 5.41) is 7.12. The molecule has 4 rings (SSSR count). The van der Waals surface area contributed by atoms with Crippen LogP contribution in [0, 0.1) is 6.92 Å². The molecule has 2 aromatic heterocycles. The molecule has 40 heavy (non-hydrogen) atoms. The monoisotopic (exact) mass is 579 g/mol. The Labute approximate surface area is 228 Å². The summed E-state index contributed by atoms with van der Waals surface area (Å²) in [6, 6.07) is 10.9. The van der Waals surface area contributed by atoms with Crippen molar-refractivity contribution in [2.24, 2.45) is 0 Å². The van der Waals surface area contributed by atoms with Crippen molar-refractivity contribution in [3.8, 4) is 11.4 Å². The number of nitrogens with zero attached hydrogens (tertiary/aromatic N) is 4. The van der Waals surface area contributed by atoms with Crippen LogP contribution in [0.2, 0.25) is 0 Å². The van der Waals surface area contributed by atoms with Crippen LogP contribution in [-0.4, -0.2) is 69.7 Å². The van der Waals surface area contributed by atoms with Crippen molar-refractivity contribution in [3.05, 3.63) is 66.0 Å². The zero-order chi connectivity index (χ0) is 29.7. The van der Waals surface area contributed by atoms with E-state index in [4.69, 9.17) is 14.6 Å². The van der Waals surface area contributed by atoms with Crippen molar-refractivity contribution < 1.29 is 36.2 Å². The van der Waals surface area contributed by atoms with Gasteiger partial charge in [0.15, 0.2) is 0 Å². The number of H-pyrrole nitrogens is 1. The third kappa shape index (κ3) is 7.07. The fourth-order valence-electron chi connectivity index (χ4n) is 3.70. The molecule has 0 aliphatic heterocycles. The molecule has 0 atom stereocenters. The topological polar surface area (TPSA) is 130 Å². The minimum atomic E-state index is -5.08. The summed E-state index contributed by atoms with van der Waals surface area (Å²) in [7, 11) is -1.89. The van der Waals surface area contributed by atoms with Gasteiger partial charge in [-0.1, -0.05) is 26.0 Å². The van der Waals surface area contributed by atoms with Gasteiger partial charge in [0.1, 0.15) is 11.6 Å². The number of methoxy groups -OCH3 is 1. The molecule has 214 valence electrons. The van der Waals surface area contributed by atoms with Crippen LogP contribution in [0.5, 0.6) is 5.75 Å². The minimum absolute atomic E-state index is 0.257. The normalized spacial score (nSPS) is 12.1. The molecule has 0 aliphatic rings. The number of carboxylic acid groups (broad SMARTS) is 1. The molecular weight excluding hydrogens is 551 g/mol. The van der Waals surface area contributed by atoms with E-state index in [9.17, 15) is 21.6 Å². The number of carboxylic acids is 1. The Morgan fingerprint density at radius 3 is 2.38 bits per heavy atom. The molecule has 0 spiro atoms. The molecule has 2 N–H and O–H groups in total. The predicted octanol–water partition coefficient (Wildman–Crippen LogP) is 4.90. The van der Waals surface area contributed by atoms with Crippen molar-refractivity contribution in [3.63, 3.8) is 0 Å². The first-order valence-corrected chi connectivity index (χ1v) is 13.4. The van der Waals surface area contributed by atoms with E-state index >= 15 is 0 Å². The number of aromatic nitrogens is 4. The second-order valence-corrected chi connectivity index (χ2v) is 10.3. The van der Waals surface area contributed by atoms with E-state index in [-0.39, 0.29) is 4.90 Å². The smallest absolute Gasteiger partial charge is 0.490 e. The number of sulfonamides is 1. The molecule has 0 amide bonds. The van der Waals surface area contributed by atoms with Crippen LogP contribution in [-0.2, 0) is 14.8 Å². The van der Waals surface area contributed by atoms with E-state index in [1.165, 1.54) is 4.31 Å². The van der Waals surface area contributed by atoms with Gasteiger partial charge in [0, 0.05) is 19.3 Å². The first-order valence-electron chi connectivity index (χ1n) is 12.0. The summed E-state index contributed by atoms with van der Waals surface area (Å²) < 4.78 is 66.3. The Morgan fingerprint density at radius 1 is 1.15 bits per heavy atom. The third-order valence-electron chi connectivity index (χ3n) is 5.68. The Bertz CT molecular complexity index is 1620. The number of halogens is 3. The largest absolute Gasteiger partial charge is 0.495 e. The SMILES string of the molecule is CCN(CC)S(=O)(=O)c1ccc2nc(/C=C/c3ccc(-n4cnc(C)c4)c(OC)c3)[nH]c2c1.O=C(O)C(F)(F)F. The second kappa shape index (κ2) is 12.3. The number of nitrogens with one attached hydrogen (secondary N) is 1. The predicted molar refractivity (Wildman–Crippen MR) is 144 cm³/mol. The highest BCUT2D eigenvalue weighted by atomic mass is 32.2. The Kier molecular flexibility index (Phi) is 9.37. The molecule has 2 aromatic carbocycles. The number of hydrogen-bond donors (Lipinski definition) is 2. The lowest BCUT2D eigenvalue weighted by Crippen LogP contribution is -2.30. The van der Waals surface area contributed by atoms with Crippen LogP contribution in [0.25, 0.3) is 28.9 Å². The van der Waals surface area contributed by atoms with E-state index in [0.717, 1.165) is 22.7 Å². The molecule has 4 aromatic rings. The number of hydrogen-bond acceptors (Lipinski definition) is 6. The van der Waals surface area contributed by atoms with Crippen molar-refractivity contribution in [2.45, 2.75) is 31.8 Å². The molecule has 14 heteroatoms. The van der Waals surface area contributed by atoms with Crippen LogP contribution in [0.3, 0.4) is 0 Å². The van der Waals surface area contributed by atoms with Crippen LogP contribution in [0.1, 0.15) is 30.9 Å². The maximum Gasteiger partial charge on any atom is 0.490 e. The van der Waals surface area contributed by atoms with E-state index in [1.54, 1.807) is 31.6 Å². The van der Waals surface area contributed by atoms with Gasteiger partial charge in [-0.15, -0.1) is 0 Å². The van der Waals surface area contributed by atoms with Gasteiger partial charge in [-0.3, -0.25) is 0 Å².